The predicted octanol–water partition coefficient (Wildman–Crippen LogP) is 1.51. The molecule has 98 valence electrons. The second kappa shape index (κ2) is 5.92. The van der Waals surface area contributed by atoms with Gasteiger partial charge in [-0.25, -0.2) is 9.78 Å². The van der Waals surface area contributed by atoms with Crippen molar-refractivity contribution in [2.75, 3.05) is 7.11 Å². The lowest BCUT2D eigenvalue weighted by Crippen LogP contribution is -2.05. The first-order chi connectivity index (χ1) is 9.22. The number of rotatable bonds is 4. The van der Waals surface area contributed by atoms with Crippen LogP contribution in [0.2, 0.25) is 0 Å². The molecule has 1 aromatic heterocycles. The summed E-state index contributed by atoms with van der Waals surface area (Å²) in [7, 11) is 1.28. The first-order valence-corrected chi connectivity index (χ1v) is 5.60. The lowest BCUT2D eigenvalue weighted by molar-refractivity contribution is 0.0592. The number of nitrogens with zero attached hydrogens (tertiary/aromatic N) is 2. The Kier molecular flexibility index (Phi) is 4.04. The van der Waals surface area contributed by atoms with Gasteiger partial charge in [0.1, 0.15) is 5.75 Å². The molecule has 1 aromatic carbocycles. The van der Waals surface area contributed by atoms with Gasteiger partial charge in [-0.15, -0.1) is 0 Å². The molecular formula is C13H13N3O3. The van der Waals surface area contributed by atoms with E-state index >= 15 is 0 Å². The molecule has 1 heterocycles. The Balaban J connectivity index is 2.20. The molecule has 0 aliphatic rings. The number of hydrogen-bond donors (Lipinski definition) is 1. The number of aromatic nitrogens is 2. The van der Waals surface area contributed by atoms with E-state index < -0.39 is 5.97 Å². The van der Waals surface area contributed by atoms with Gasteiger partial charge in [0.2, 0.25) is 5.88 Å². The molecule has 0 fully saturated rings. The topological polar surface area (TPSA) is 87.3 Å². The van der Waals surface area contributed by atoms with Crippen LogP contribution in [0, 0.1) is 0 Å². The average molecular weight is 259 g/mol. The molecule has 2 aromatic rings. The first kappa shape index (κ1) is 13.0. The summed E-state index contributed by atoms with van der Waals surface area (Å²) >= 11 is 0. The van der Waals surface area contributed by atoms with Crippen molar-refractivity contribution in [2.45, 2.75) is 6.54 Å². The standard InChI is InChI=1S/C13H13N3O3/c1-18-13(17)11-7-15-8-12(16-11)19-10-4-2-3-9(5-10)6-14/h2-5,7-8H,6,14H2,1H3. The van der Waals surface area contributed by atoms with Crippen LogP contribution in [0.25, 0.3) is 0 Å². The summed E-state index contributed by atoms with van der Waals surface area (Å²) in [5.41, 5.74) is 6.58. The summed E-state index contributed by atoms with van der Waals surface area (Å²) in [6, 6.07) is 7.29. The molecule has 0 saturated heterocycles. The Morgan fingerprint density at radius 3 is 2.95 bits per heavy atom. The molecule has 6 nitrogen and oxygen atoms in total. The van der Waals surface area contributed by atoms with E-state index in [9.17, 15) is 4.79 Å². The Hall–Kier alpha value is -2.47. The van der Waals surface area contributed by atoms with Gasteiger partial charge in [0.25, 0.3) is 0 Å². The molecule has 2 rings (SSSR count). The summed E-state index contributed by atoms with van der Waals surface area (Å²) in [6.45, 7) is 0.422. The molecule has 0 aliphatic carbocycles. The highest BCUT2D eigenvalue weighted by molar-refractivity contribution is 5.86. The predicted molar refractivity (Wildman–Crippen MR) is 67.8 cm³/mol. The van der Waals surface area contributed by atoms with Crippen LogP contribution in [0.15, 0.2) is 36.7 Å². The van der Waals surface area contributed by atoms with E-state index in [1.807, 2.05) is 12.1 Å². The summed E-state index contributed by atoms with van der Waals surface area (Å²) in [5.74, 6) is 0.241. The molecule has 19 heavy (non-hydrogen) atoms. The molecular weight excluding hydrogens is 246 g/mol. The second-order valence-electron chi connectivity index (χ2n) is 3.69. The van der Waals surface area contributed by atoms with Crippen LogP contribution in [0.5, 0.6) is 11.6 Å². The van der Waals surface area contributed by atoms with Crippen LogP contribution in [0.4, 0.5) is 0 Å². The Morgan fingerprint density at radius 1 is 1.37 bits per heavy atom. The number of methoxy groups -OCH3 is 1. The fourth-order valence-electron chi connectivity index (χ4n) is 1.46. The van der Waals surface area contributed by atoms with Gasteiger partial charge in [-0.2, -0.15) is 0 Å². The van der Waals surface area contributed by atoms with Crippen molar-refractivity contribution in [2.24, 2.45) is 5.73 Å². The molecule has 2 N–H and O–H groups in total. The lowest BCUT2D eigenvalue weighted by Gasteiger charge is -2.06. The molecule has 0 unspecified atom stereocenters. The number of ether oxygens (including phenoxy) is 2. The summed E-state index contributed by atoms with van der Waals surface area (Å²) in [5, 5.41) is 0. The fourth-order valence-corrected chi connectivity index (χ4v) is 1.46. The zero-order chi connectivity index (χ0) is 13.7. The Morgan fingerprint density at radius 2 is 2.21 bits per heavy atom. The normalized spacial score (nSPS) is 10.0. The van der Waals surface area contributed by atoms with E-state index in [1.165, 1.54) is 19.5 Å². The maximum Gasteiger partial charge on any atom is 0.358 e. The second-order valence-corrected chi connectivity index (χ2v) is 3.69. The molecule has 6 heteroatoms. The van der Waals surface area contributed by atoms with Crippen LogP contribution in [-0.4, -0.2) is 23.0 Å². The number of carbonyl (C=O) groups is 1. The third-order valence-corrected chi connectivity index (χ3v) is 2.36. The van der Waals surface area contributed by atoms with E-state index in [4.69, 9.17) is 10.5 Å². The fraction of sp³-hybridized carbons (Fsp3) is 0.154. The van der Waals surface area contributed by atoms with E-state index in [0.29, 0.717) is 12.3 Å². The molecule has 0 bridgehead atoms. The molecule has 0 amide bonds. The highest BCUT2D eigenvalue weighted by Gasteiger charge is 2.09. The molecule has 0 spiro atoms. The average Bonchev–Trinajstić information content (AvgIpc) is 2.47. The van der Waals surface area contributed by atoms with Gasteiger partial charge in [-0.1, -0.05) is 12.1 Å². The SMILES string of the molecule is COC(=O)c1cncc(Oc2cccc(CN)c2)n1. The van der Waals surface area contributed by atoms with Gasteiger partial charge in [0.15, 0.2) is 5.69 Å². The first-order valence-electron chi connectivity index (χ1n) is 5.60. The monoisotopic (exact) mass is 259 g/mol. The van der Waals surface area contributed by atoms with Gasteiger partial charge in [-0.05, 0) is 17.7 Å². The van der Waals surface area contributed by atoms with Crippen LogP contribution >= 0.6 is 0 Å². The summed E-state index contributed by atoms with van der Waals surface area (Å²) in [6.07, 6.45) is 2.73. The van der Waals surface area contributed by atoms with Gasteiger partial charge in [-0.3, -0.25) is 4.98 Å². The Bertz CT molecular complexity index is 587. The third kappa shape index (κ3) is 3.26. The number of esters is 1. The smallest absolute Gasteiger partial charge is 0.358 e. The van der Waals surface area contributed by atoms with Crippen molar-refractivity contribution < 1.29 is 14.3 Å². The van der Waals surface area contributed by atoms with Crippen LogP contribution < -0.4 is 10.5 Å². The van der Waals surface area contributed by atoms with E-state index in [2.05, 4.69) is 14.7 Å². The highest BCUT2D eigenvalue weighted by Crippen LogP contribution is 2.20. The zero-order valence-electron chi connectivity index (χ0n) is 10.4. The van der Waals surface area contributed by atoms with E-state index in [1.54, 1.807) is 12.1 Å². The number of nitrogens with two attached hydrogens (primary N) is 1. The summed E-state index contributed by atoms with van der Waals surface area (Å²) in [4.78, 5) is 19.2. The van der Waals surface area contributed by atoms with Gasteiger partial charge in [0.05, 0.1) is 19.5 Å². The zero-order valence-corrected chi connectivity index (χ0v) is 10.4. The molecule has 0 radical (unpaired) electrons. The van der Waals surface area contributed by atoms with Crippen molar-refractivity contribution in [1.82, 2.24) is 9.97 Å². The van der Waals surface area contributed by atoms with Crippen molar-refractivity contribution >= 4 is 5.97 Å². The van der Waals surface area contributed by atoms with Crippen molar-refractivity contribution in [3.63, 3.8) is 0 Å². The molecule has 0 atom stereocenters. The summed E-state index contributed by atoms with van der Waals surface area (Å²) < 4.78 is 10.1. The van der Waals surface area contributed by atoms with Crippen LogP contribution in [-0.2, 0) is 11.3 Å². The van der Waals surface area contributed by atoms with Crippen LogP contribution in [0.1, 0.15) is 16.1 Å². The minimum atomic E-state index is -0.561. The van der Waals surface area contributed by atoms with Gasteiger partial charge in [0, 0.05) is 6.54 Å². The maximum atomic E-state index is 11.3. The third-order valence-electron chi connectivity index (χ3n) is 2.36. The highest BCUT2D eigenvalue weighted by atomic mass is 16.5. The van der Waals surface area contributed by atoms with Gasteiger partial charge < -0.3 is 15.2 Å². The molecule has 0 aliphatic heterocycles. The molecule has 0 saturated carbocycles. The quantitative estimate of drug-likeness (QED) is 0.837. The number of carbonyl (C=O) groups excluding carboxylic acids is 1. The van der Waals surface area contributed by atoms with Gasteiger partial charge >= 0.3 is 5.97 Å². The number of hydrogen-bond acceptors (Lipinski definition) is 6. The number of benzene rings is 1. The maximum absolute atomic E-state index is 11.3. The van der Waals surface area contributed by atoms with Crippen LogP contribution in [0.3, 0.4) is 0 Å². The van der Waals surface area contributed by atoms with Crippen molar-refractivity contribution in [3.8, 4) is 11.6 Å². The van der Waals surface area contributed by atoms with Crippen molar-refractivity contribution in [3.05, 3.63) is 47.9 Å². The van der Waals surface area contributed by atoms with Crippen molar-refractivity contribution in [1.29, 1.82) is 0 Å². The minimum Gasteiger partial charge on any atom is -0.464 e. The Labute approximate surface area is 110 Å². The minimum absolute atomic E-state index is 0.0926. The van der Waals surface area contributed by atoms with E-state index in [-0.39, 0.29) is 11.6 Å². The lowest BCUT2D eigenvalue weighted by atomic mass is 10.2. The van der Waals surface area contributed by atoms with E-state index in [0.717, 1.165) is 5.56 Å². The largest absolute Gasteiger partial charge is 0.464 e.